The van der Waals surface area contributed by atoms with Gasteiger partial charge in [0.1, 0.15) is 0 Å². The highest BCUT2D eigenvalue weighted by molar-refractivity contribution is 6.42. The second-order valence-electron chi connectivity index (χ2n) is 4.87. The van der Waals surface area contributed by atoms with Gasteiger partial charge in [-0.3, -0.25) is 0 Å². The van der Waals surface area contributed by atoms with Crippen molar-refractivity contribution in [2.45, 2.75) is 39.7 Å². The van der Waals surface area contributed by atoms with Crippen LogP contribution in [0.15, 0.2) is 29.8 Å². The van der Waals surface area contributed by atoms with Crippen LogP contribution in [0.3, 0.4) is 0 Å². The predicted molar refractivity (Wildman–Crippen MR) is 81.7 cm³/mol. The fourth-order valence-corrected chi connectivity index (χ4v) is 2.06. The standard InChI is InChI=1S/C15H21Cl2N/c1-11(2)18-8-4-5-12(3)9-13-6-7-14(16)15(17)10-13/h5-7,10-11,18H,4,8-9H2,1-3H3. The van der Waals surface area contributed by atoms with Gasteiger partial charge in [-0.2, -0.15) is 0 Å². The molecule has 1 aromatic rings. The molecule has 1 N–H and O–H groups in total. The van der Waals surface area contributed by atoms with Crippen LogP contribution in [0.4, 0.5) is 0 Å². The Bertz CT molecular complexity index is 411. The molecule has 100 valence electrons. The number of nitrogens with one attached hydrogen (secondary N) is 1. The van der Waals surface area contributed by atoms with E-state index in [1.165, 1.54) is 11.1 Å². The van der Waals surface area contributed by atoms with Crippen molar-refractivity contribution >= 4 is 23.2 Å². The van der Waals surface area contributed by atoms with Gasteiger partial charge in [-0.25, -0.2) is 0 Å². The highest BCUT2D eigenvalue weighted by Gasteiger charge is 2.00. The van der Waals surface area contributed by atoms with E-state index in [0.29, 0.717) is 16.1 Å². The second-order valence-corrected chi connectivity index (χ2v) is 5.69. The van der Waals surface area contributed by atoms with Crippen molar-refractivity contribution in [3.05, 3.63) is 45.5 Å². The van der Waals surface area contributed by atoms with Gasteiger partial charge < -0.3 is 5.32 Å². The van der Waals surface area contributed by atoms with Crippen molar-refractivity contribution in [2.24, 2.45) is 0 Å². The van der Waals surface area contributed by atoms with E-state index >= 15 is 0 Å². The molecule has 0 atom stereocenters. The summed E-state index contributed by atoms with van der Waals surface area (Å²) in [5.74, 6) is 0. The van der Waals surface area contributed by atoms with E-state index < -0.39 is 0 Å². The average Bonchev–Trinajstić information content (AvgIpc) is 2.29. The zero-order chi connectivity index (χ0) is 13.5. The van der Waals surface area contributed by atoms with Gasteiger partial charge in [-0.1, -0.05) is 54.8 Å². The van der Waals surface area contributed by atoms with Gasteiger partial charge in [-0.15, -0.1) is 0 Å². The molecule has 1 nitrogen and oxygen atoms in total. The minimum Gasteiger partial charge on any atom is -0.314 e. The Balaban J connectivity index is 2.45. The molecule has 1 rings (SSSR count). The maximum Gasteiger partial charge on any atom is 0.0595 e. The van der Waals surface area contributed by atoms with Crippen molar-refractivity contribution in [3.8, 4) is 0 Å². The van der Waals surface area contributed by atoms with E-state index in [4.69, 9.17) is 23.2 Å². The molecule has 0 saturated carbocycles. The Hall–Kier alpha value is -0.500. The van der Waals surface area contributed by atoms with E-state index in [2.05, 4.69) is 32.2 Å². The summed E-state index contributed by atoms with van der Waals surface area (Å²) in [6.45, 7) is 7.49. The van der Waals surface area contributed by atoms with Gasteiger partial charge in [0.25, 0.3) is 0 Å². The molecule has 18 heavy (non-hydrogen) atoms. The number of allylic oxidation sites excluding steroid dienone is 1. The SMILES string of the molecule is CC(=CCCNC(C)C)Cc1ccc(Cl)c(Cl)c1. The molecule has 0 aliphatic heterocycles. The fourth-order valence-electron chi connectivity index (χ4n) is 1.73. The third kappa shape index (κ3) is 5.90. The summed E-state index contributed by atoms with van der Waals surface area (Å²) >= 11 is 11.9. The van der Waals surface area contributed by atoms with Gasteiger partial charge >= 0.3 is 0 Å². The number of hydrogen-bond donors (Lipinski definition) is 1. The van der Waals surface area contributed by atoms with Crippen LogP contribution in [0.2, 0.25) is 10.0 Å². The molecule has 0 unspecified atom stereocenters. The van der Waals surface area contributed by atoms with Crippen LogP contribution >= 0.6 is 23.2 Å². The zero-order valence-electron chi connectivity index (χ0n) is 11.3. The normalized spacial score (nSPS) is 12.2. The molecule has 0 radical (unpaired) electrons. The summed E-state index contributed by atoms with van der Waals surface area (Å²) in [5.41, 5.74) is 2.56. The first kappa shape index (κ1) is 15.6. The summed E-state index contributed by atoms with van der Waals surface area (Å²) in [5, 5.41) is 4.64. The third-order valence-corrected chi connectivity index (χ3v) is 3.40. The van der Waals surface area contributed by atoms with Crippen molar-refractivity contribution in [3.63, 3.8) is 0 Å². The Kier molecular flexibility index (Phi) is 6.77. The largest absolute Gasteiger partial charge is 0.314 e. The molecule has 0 aromatic heterocycles. The average molecular weight is 286 g/mol. The molecule has 0 amide bonds. The molecule has 0 saturated heterocycles. The lowest BCUT2D eigenvalue weighted by atomic mass is 10.1. The quantitative estimate of drug-likeness (QED) is 0.581. The molecule has 0 aliphatic carbocycles. The number of hydrogen-bond acceptors (Lipinski definition) is 1. The first-order chi connectivity index (χ1) is 8.49. The van der Waals surface area contributed by atoms with E-state index in [0.717, 1.165) is 19.4 Å². The lowest BCUT2D eigenvalue weighted by molar-refractivity contribution is 0.594. The molecule has 0 bridgehead atoms. The molecular weight excluding hydrogens is 265 g/mol. The number of rotatable bonds is 6. The maximum absolute atomic E-state index is 6.00. The second kappa shape index (κ2) is 7.83. The first-order valence-corrected chi connectivity index (χ1v) is 7.07. The Morgan fingerprint density at radius 1 is 1.28 bits per heavy atom. The van der Waals surface area contributed by atoms with Crippen LogP contribution in [0, 0.1) is 0 Å². The summed E-state index contributed by atoms with van der Waals surface area (Å²) < 4.78 is 0. The molecule has 0 spiro atoms. The predicted octanol–water partition coefficient (Wildman–Crippen LogP) is 4.87. The molecule has 0 fully saturated rings. The van der Waals surface area contributed by atoms with Gasteiger partial charge in [-0.05, 0) is 44.0 Å². The zero-order valence-corrected chi connectivity index (χ0v) is 12.8. The van der Waals surface area contributed by atoms with Crippen molar-refractivity contribution < 1.29 is 0 Å². The molecule has 3 heteroatoms. The number of benzene rings is 1. The molecular formula is C15H21Cl2N. The molecule has 0 aliphatic rings. The Morgan fingerprint density at radius 2 is 2.00 bits per heavy atom. The van der Waals surface area contributed by atoms with Crippen LogP contribution < -0.4 is 5.32 Å². The summed E-state index contributed by atoms with van der Waals surface area (Å²) in [6, 6.07) is 6.37. The smallest absolute Gasteiger partial charge is 0.0595 e. The first-order valence-electron chi connectivity index (χ1n) is 6.32. The lowest BCUT2D eigenvalue weighted by Gasteiger charge is -2.07. The van der Waals surface area contributed by atoms with Crippen LogP contribution in [0.5, 0.6) is 0 Å². The van der Waals surface area contributed by atoms with E-state index in [9.17, 15) is 0 Å². The van der Waals surface area contributed by atoms with Crippen LogP contribution in [-0.4, -0.2) is 12.6 Å². The summed E-state index contributed by atoms with van der Waals surface area (Å²) in [6.07, 6.45) is 4.27. The number of halogens is 2. The van der Waals surface area contributed by atoms with Gasteiger partial charge in [0.15, 0.2) is 0 Å². The van der Waals surface area contributed by atoms with Crippen LogP contribution in [-0.2, 0) is 6.42 Å². The monoisotopic (exact) mass is 285 g/mol. The van der Waals surface area contributed by atoms with Gasteiger partial charge in [0, 0.05) is 6.04 Å². The lowest BCUT2D eigenvalue weighted by Crippen LogP contribution is -2.23. The summed E-state index contributed by atoms with van der Waals surface area (Å²) in [4.78, 5) is 0. The minimum absolute atomic E-state index is 0.550. The highest BCUT2D eigenvalue weighted by Crippen LogP contribution is 2.23. The van der Waals surface area contributed by atoms with Gasteiger partial charge in [0.05, 0.1) is 10.0 Å². The van der Waals surface area contributed by atoms with Crippen molar-refractivity contribution in [2.75, 3.05) is 6.54 Å². The molecule has 0 heterocycles. The molecule has 1 aromatic carbocycles. The van der Waals surface area contributed by atoms with Gasteiger partial charge in [0.2, 0.25) is 0 Å². The van der Waals surface area contributed by atoms with E-state index in [-0.39, 0.29) is 0 Å². The van der Waals surface area contributed by atoms with Crippen LogP contribution in [0.1, 0.15) is 32.8 Å². The van der Waals surface area contributed by atoms with Crippen LogP contribution in [0.25, 0.3) is 0 Å². The van der Waals surface area contributed by atoms with Crippen molar-refractivity contribution in [1.82, 2.24) is 5.32 Å². The fraction of sp³-hybridized carbons (Fsp3) is 0.467. The minimum atomic E-state index is 0.550. The Morgan fingerprint density at radius 3 is 2.61 bits per heavy atom. The topological polar surface area (TPSA) is 12.0 Å². The Labute approximate surface area is 120 Å². The van der Waals surface area contributed by atoms with Crippen molar-refractivity contribution in [1.29, 1.82) is 0 Å². The van der Waals surface area contributed by atoms with E-state index in [1.54, 1.807) is 0 Å². The summed E-state index contributed by atoms with van der Waals surface area (Å²) in [7, 11) is 0. The van der Waals surface area contributed by atoms with E-state index in [1.807, 2.05) is 18.2 Å². The maximum atomic E-state index is 6.00. The highest BCUT2D eigenvalue weighted by atomic mass is 35.5. The third-order valence-electron chi connectivity index (χ3n) is 2.66.